The molecule has 0 amide bonds. The van der Waals surface area contributed by atoms with Crippen molar-refractivity contribution in [2.45, 2.75) is 18.9 Å². The van der Waals surface area contributed by atoms with Crippen LogP contribution in [0, 0.1) is 0 Å². The smallest absolute Gasteiger partial charge is 0.0112 e. The molecular formula is C9H22Cl2N2OS. The van der Waals surface area contributed by atoms with E-state index in [2.05, 4.69) is 22.0 Å². The topological polar surface area (TPSA) is 46.8 Å². The fraction of sp³-hybridized carbons (Fsp3) is 1.00. The van der Waals surface area contributed by atoms with Gasteiger partial charge in [-0.1, -0.05) is 0 Å². The van der Waals surface area contributed by atoms with E-state index in [0.29, 0.717) is 0 Å². The van der Waals surface area contributed by atoms with Crippen LogP contribution >= 0.6 is 36.6 Å². The molecule has 2 heterocycles. The molecule has 0 atom stereocenters. The first kappa shape index (κ1) is 18.2. The number of hydrogen-bond acceptors (Lipinski definition) is 3. The first-order valence-electron chi connectivity index (χ1n) is 4.99. The van der Waals surface area contributed by atoms with Crippen molar-refractivity contribution in [3.63, 3.8) is 0 Å². The summed E-state index contributed by atoms with van der Waals surface area (Å²) < 4.78 is 0. The van der Waals surface area contributed by atoms with Crippen molar-refractivity contribution < 1.29 is 5.48 Å². The molecule has 0 unspecified atom stereocenters. The van der Waals surface area contributed by atoms with E-state index in [1.54, 1.807) is 0 Å². The number of piperazine rings is 1. The third-order valence-electron chi connectivity index (χ3n) is 2.86. The van der Waals surface area contributed by atoms with Crippen LogP contribution in [0.1, 0.15) is 12.8 Å². The van der Waals surface area contributed by atoms with Gasteiger partial charge in [0.25, 0.3) is 0 Å². The zero-order valence-electron chi connectivity index (χ0n) is 8.91. The van der Waals surface area contributed by atoms with E-state index < -0.39 is 0 Å². The lowest BCUT2D eigenvalue weighted by molar-refractivity contribution is 0.164. The maximum atomic E-state index is 3.41. The predicted octanol–water partition coefficient (Wildman–Crippen LogP) is 0.806. The molecular weight excluding hydrogens is 255 g/mol. The molecule has 3 nitrogen and oxygen atoms in total. The molecule has 0 radical (unpaired) electrons. The molecule has 0 aromatic rings. The lowest BCUT2D eigenvalue weighted by atomic mass is 10.1. The van der Waals surface area contributed by atoms with Gasteiger partial charge < -0.3 is 10.8 Å². The van der Waals surface area contributed by atoms with Gasteiger partial charge in [-0.15, -0.1) is 24.8 Å². The first-order chi connectivity index (χ1) is 5.97. The molecule has 2 rings (SSSR count). The van der Waals surface area contributed by atoms with E-state index in [-0.39, 0.29) is 30.3 Å². The number of halogens is 2. The van der Waals surface area contributed by atoms with Crippen LogP contribution < -0.4 is 5.32 Å². The summed E-state index contributed by atoms with van der Waals surface area (Å²) in [6, 6.07) is 0.911. The lowest BCUT2D eigenvalue weighted by Crippen LogP contribution is -2.49. The van der Waals surface area contributed by atoms with Crippen LogP contribution in [0.3, 0.4) is 0 Å². The molecule has 0 bridgehead atoms. The summed E-state index contributed by atoms with van der Waals surface area (Å²) >= 11 is 2.12. The molecule has 0 aromatic carbocycles. The van der Waals surface area contributed by atoms with Crippen molar-refractivity contribution in [1.29, 1.82) is 0 Å². The van der Waals surface area contributed by atoms with Gasteiger partial charge in [-0.3, -0.25) is 4.90 Å². The Bertz CT molecular complexity index is 126. The monoisotopic (exact) mass is 276 g/mol. The predicted molar refractivity (Wildman–Crippen MR) is 72.9 cm³/mol. The van der Waals surface area contributed by atoms with E-state index >= 15 is 0 Å². The zero-order chi connectivity index (χ0) is 8.23. The van der Waals surface area contributed by atoms with Gasteiger partial charge in [0.2, 0.25) is 0 Å². The van der Waals surface area contributed by atoms with Gasteiger partial charge in [0.1, 0.15) is 0 Å². The van der Waals surface area contributed by atoms with Crippen molar-refractivity contribution in [2.75, 3.05) is 37.7 Å². The van der Waals surface area contributed by atoms with Crippen LogP contribution in [0.4, 0.5) is 0 Å². The quantitative estimate of drug-likeness (QED) is 0.771. The molecule has 15 heavy (non-hydrogen) atoms. The van der Waals surface area contributed by atoms with Gasteiger partial charge in [-0.25, -0.2) is 0 Å². The Morgan fingerprint density at radius 2 is 1.53 bits per heavy atom. The summed E-state index contributed by atoms with van der Waals surface area (Å²) in [7, 11) is 0. The first-order valence-corrected chi connectivity index (χ1v) is 6.15. The SMILES string of the molecule is C1CN(C2CCSCC2)CCN1.Cl.Cl.O. The summed E-state index contributed by atoms with van der Waals surface area (Å²) in [5, 5.41) is 3.41. The van der Waals surface area contributed by atoms with Gasteiger partial charge in [-0.2, -0.15) is 11.8 Å². The fourth-order valence-electron chi connectivity index (χ4n) is 2.10. The largest absolute Gasteiger partial charge is 0.412 e. The fourth-order valence-corrected chi connectivity index (χ4v) is 3.18. The Balaban J connectivity index is 0. The minimum atomic E-state index is 0. The van der Waals surface area contributed by atoms with Crippen molar-refractivity contribution in [3.05, 3.63) is 0 Å². The van der Waals surface area contributed by atoms with E-state index in [4.69, 9.17) is 0 Å². The molecule has 2 saturated heterocycles. The maximum absolute atomic E-state index is 3.41. The van der Waals surface area contributed by atoms with Crippen LogP contribution in [0.5, 0.6) is 0 Å². The van der Waals surface area contributed by atoms with Crippen molar-refractivity contribution in [2.24, 2.45) is 0 Å². The molecule has 94 valence electrons. The van der Waals surface area contributed by atoms with Crippen molar-refractivity contribution in [1.82, 2.24) is 10.2 Å². The highest BCUT2D eigenvalue weighted by atomic mass is 35.5. The Labute approximate surface area is 109 Å². The second-order valence-electron chi connectivity index (χ2n) is 3.63. The average Bonchev–Trinajstić information content (AvgIpc) is 2.21. The Morgan fingerprint density at radius 1 is 1.00 bits per heavy atom. The molecule has 6 heteroatoms. The number of nitrogens with zero attached hydrogens (tertiary/aromatic N) is 1. The maximum Gasteiger partial charge on any atom is 0.0112 e. The number of thioether (sulfide) groups is 1. The van der Waals surface area contributed by atoms with Gasteiger partial charge in [0, 0.05) is 32.2 Å². The summed E-state index contributed by atoms with van der Waals surface area (Å²) in [5.41, 5.74) is 0. The minimum Gasteiger partial charge on any atom is -0.412 e. The van der Waals surface area contributed by atoms with Gasteiger partial charge in [0.15, 0.2) is 0 Å². The molecule has 2 aliphatic rings. The van der Waals surface area contributed by atoms with Gasteiger partial charge >= 0.3 is 0 Å². The second-order valence-corrected chi connectivity index (χ2v) is 4.85. The number of hydrogen-bond donors (Lipinski definition) is 1. The summed E-state index contributed by atoms with van der Waals surface area (Å²) in [5.74, 6) is 2.77. The molecule has 3 N–H and O–H groups in total. The second kappa shape index (κ2) is 10.00. The van der Waals surface area contributed by atoms with E-state index in [9.17, 15) is 0 Å². The van der Waals surface area contributed by atoms with Crippen molar-refractivity contribution >= 4 is 36.6 Å². The highest BCUT2D eigenvalue weighted by Crippen LogP contribution is 2.21. The highest BCUT2D eigenvalue weighted by Gasteiger charge is 2.21. The number of rotatable bonds is 1. The molecule has 0 saturated carbocycles. The summed E-state index contributed by atoms with van der Waals surface area (Å²) in [6.45, 7) is 4.94. The molecule has 0 aliphatic carbocycles. The Morgan fingerprint density at radius 3 is 2.07 bits per heavy atom. The molecule has 2 fully saturated rings. The van der Waals surface area contributed by atoms with Crippen LogP contribution in [0.15, 0.2) is 0 Å². The number of nitrogens with one attached hydrogen (secondary N) is 1. The normalized spacial score (nSPS) is 23.2. The third kappa shape index (κ3) is 5.61. The van der Waals surface area contributed by atoms with Gasteiger partial charge in [-0.05, 0) is 24.3 Å². The summed E-state index contributed by atoms with van der Waals surface area (Å²) in [4.78, 5) is 2.68. The van der Waals surface area contributed by atoms with E-state index in [0.717, 1.165) is 6.04 Å². The molecule has 0 aromatic heterocycles. The summed E-state index contributed by atoms with van der Waals surface area (Å²) in [6.07, 6.45) is 2.84. The molecule has 0 spiro atoms. The van der Waals surface area contributed by atoms with Crippen LogP contribution in [-0.4, -0.2) is 54.1 Å². The van der Waals surface area contributed by atoms with Gasteiger partial charge in [0.05, 0.1) is 0 Å². The van der Waals surface area contributed by atoms with Crippen LogP contribution in [-0.2, 0) is 0 Å². The van der Waals surface area contributed by atoms with Crippen LogP contribution in [0.2, 0.25) is 0 Å². The highest BCUT2D eigenvalue weighted by molar-refractivity contribution is 7.99. The third-order valence-corrected chi connectivity index (χ3v) is 3.91. The van der Waals surface area contributed by atoms with E-state index in [1.165, 1.54) is 50.5 Å². The van der Waals surface area contributed by atoms with E-state index in [1.807, 2.05) is 0 Å². The Hall–Kier alpha value is 0.810. The zero-order valence-corrected chi connectivity index (χ0v) is 11.4. The average molecular weight is 277 g/mol. The Kier molecular flexibility index (Phi) is 12.1. The van der Waals surface area contributed by atoms with Crippen LogP contribution in [0.25, 0.3) is 0 Å². The standard InChI is InChI=1S/C9H18N2S.2ClH.H2O/c1-7-12-8-2-9(1)11-5-3-10-4-6-11;;;/h9-10H,1-8H2;2*1H;1H2. The lowest BCUT2D eigenvalue weighted by Gasteiger charge is -2.36. The minimum absolute atomic E-state index is 0. The van der Waals surface area contributed by atoms with Crippen molar-refractivity contribution in [3.8, 4) is 0 Å². The molecule has 2 aliphatic heterocycles.